The molecular weight excluding hydrogens is 178 g/mol. The maximum Gasteiger partial charge on any atom is 0.228 e. The fraction of sp³-hybridized carbons (Fsp3) is 0.429. The van der Waals surface area contributed by atoms with E-state index in [2.05, 4.69) is 10.2 Å². The topological polar surface area (TPSA) is 71.8 Å². The first-order valence-electron chi connectivity index (χ1n) is 3.66. The summed E-state index contributed by atoms with van der Waals surface area (Å²) in [4.78, 5) is 11.1. The molecule has 1 aromatic rings. The number of rotatable bonds is 2. The second-order valence-corrected chi connectivity index (χ2v) is 3.42. The second kappa shape index (κ2) is 2.23. The minimum Gasteiger partial charge on any atom is -0.369 e. The average Bonchev–Trinajstić information content (AvgIpc) is 2.71. The number of nitrogens with two attached hydrogens (primary N) is 1. The molecule has 12 heavy (non-hydrogen) atoms. The molecule has 5 heteroatoms. The highest BCUT2D eigenvalue weighted by molar-refractivity contribution is 6.30. The van der Waals surface area contributed by atoms with Crippen molar-refractivity contribution in [3.05, 3.63) is 16.9 Å². The summed E-state index contributed by atoms with van der Waals surface area (Å²) < 4.78 is 0. The van der Waals surface area contributed by atoms with Crippen LogP contribution in [0.2, 0.25) is 5.15 Å². The lowest BCUT2D eigenvalue weighted by Crippen LogP contribution is -2.28. The van der Waals surface area contributed by atoms with Gasteiger partial charge in [0, 0.05) is 5.56 Å². The van der Waals surface area contributed by atoms with Crippen LogP contribution in [0.3, 0.4) is 0 Å². The van der Waals surface area contributed by atoms with Gasteiger partial charge in [-0.2, -0.15) is 5.10 Å². The van der Waals surface area contributed by atoms with E-state index in [-0.39, 0.29) is 5.91 Å². The fourth-order valence-corrected chi connectivity index (χ4v) is 1.66. The molecule has 0 unspecified atom stereocenters. The van der Waals surface area contributed by atoms with Crippen LogP contribution in [0, 0.1) is 0 Å². The van der Waals surface area contributed by atoms with Crippen molar-refractivity contribution in [2.75, 3.05) is 0 Å². The van der Waals surface area contributed by atoms with Crippen molar-refractivity contribution in [3.8, 4) is 0 Å². The maximum atomic E-state index is 11.1. The number of carbonyl (C=O) groups excluding carboxylic acids is 1. The van der Waals surface area contributed by atoms with Crippen LogP contribution in [0.15, 0.2) is 6.20 Å². The predicted octanol–water partition coefficient (Wildman–Crippen LogP) is 0.580. The average molecular weight is 186 g/mol. The SMILES string of the molecule is NC(=O)C1(c2cn[nH]c2Cl)CC1. The van der Waals surface area contributed by atoms with E-state index in [0.29, 0.717) is 5.15 Å². The molecule has 1 heterocycles. The molecule has 1 aromatic heterocycles. The molecule has 0 spiro atoms. The number of aromatic nitrogens is 2. The summed E-state index contributed by atoms with van der Waals surface area (Å²) in [7, 11) is 0. The smallest absolute Gasteiger partial charge is 0.228 e. The summed E-state index contributed by atoms with van der Waals surface area (Å²) >= 11 is 5.78. The van der Waals surface area contributed by atoms with Gasteiger partial charge in [0.05, 0.1) is 11.6 Å². The van der Waals surface area contributed by atoms with E-state index in [0.717, 1.165) is 18.4 Å². The molecule has 0 bridgehead atoms. The molecule has 3 N–H and O–H groups in total. The number of carbonyl (C=O) groups is 1. The van der Waals surface area contributed by atoms with E-state index in [1.54, 1.807) is 6.20 Å². The van der Waals surface area contributed by atoms with Crippen molar-refractivity contribution in [3.63, 3.8) is 0 Å². The van der Waals surface area contributed by atoms with Crippen LogP contribution in [0.1, 0.15) is 18.4 Å². The number of amides is 1. The number of H-pyrrole nitrogens is 1. The van der Waals surface area contributed by atoms with Gasteiger partial charge in [-0.3, -0.25) is 9.89 Å². The molecule has 0 atom stereocenters. The normalized spacial score (nSPS) is 19.1. The molecule has 1 saturated carbocycles. The van der Waals surface area contributed by atoms with Gasteiger partial charge in [0.2, 0.25) is 5.91 Å². The van der Waals surface area contributed by atoms with Crippen molar-refractivity contribution < 1.29 is 4.79 Å². The molecular formula is C7H8ClN3O. The zero-order valence-corrected chi connectivity index (χ0v) is 7.06. The van der Waals surface area contributed by atoms with E-state index in [4.69, 9.17) is 17.3 Å². The van der Waals surface area contributed by atoms with Gasteiger partial charge in [-0.25, -0.2) is 0 Å². The van der Waals surface area contributed by atoms with Gasteiger partial charge in [-0.15, -0.1) is 0 Å². The zero-order chi connectivity index (χ0) is 8.77. The number of primary amides is 1. The van der Waals surface area contributed by atoms with Gasteiger partial charge in [-0.1, -0.05) is 11.6 Å². The Bertz CT molecular complexity index is 329. The monoisotopic (exact) mass is 185 g/mol. The van der Waals surface area contributed by atoms with Gasteiger partial charge >= 0.3 is 0 Å². The Morgan fingerprint density at radius 3 is 2.75 bits per heavy atom. The third kappa shape index (κ3) is 0.845. The second-order valence-electron chi connectivity index (χ2n) is 3.04. The highest BCUT2D eigenvalue weighted by atomic mass is 35.5. The molecule has 0 aromatic carbocycles. The van der Waals surface area contributed by atoms with Crippen molar-refractivity contribution in [2.45, 2.75) is 18.3 Å². The third-order valence-electron chi connectivity index (χ3n) is 2.33. The third-order valence-corrected chi connectivity index (χ3v) is 2.62. The molecule has 1 aliphatic carbocycles. The van der Waals surface area contributed by atoms with Crippen LogP contribution in [-0.4, -0.2) is 16.1 Å². The largest absolute Gasteiger partial charge is 0.369 e. The van der Waals surface area contributed by atoms with Crippen molar-refractivity contribution >= 4 is 17.5 Å². The lowest BCUT2D eigenvalue weighted by atomic mass is 9.99. The number of nitrogens with zero attached hydrogens (tertiary/aromatic N) is 1. The Balaban J connectivity index is 2.43. The summed E-state index contributed by atoms with van der Waals surface area (Å²) in [6.45, 7) is 0. The van der Waals surface area contributed by atoms with Crippen LogP contribution in [-0.2, 0) is 10.2 Å². The van der Waals surface area contributed by atoms with Gasteiger partial charge in [0.25, 0.3) is 0 Å². The first-order chi connectivity index (χ1) is 5.67. The maximum absolute atomic E-state index is 11.1. The molecule has 2 rings (SSSR count). The van der Waals surface area contributed by atoms with Gasteiger partial charge in [0.15, 0.2) is 0 Å². The summed E-state index contributed by atoms with van der Waals surface area (Å²) in [5.74, 6) is -0.314. The molecule has 64 valence electrons. The summed E-state index contributed by atoms with van der Waals surface area (Å²) in [5.41, 5.74) is 5.46. The lowest BCUT2D eigenvalue weighted by Gasteiger charge is -2.07. The van der Waals surface area contributed by atoms with E-state index in [1.807, 2.05) is 0 Å². The highest BCUT2D eigenvalue weighted by Gasteiger charge is 2.51. The van der Waals surface area contributed by atoms with Crippen LogP contribution >= 0.6 is 11.6 Å². The number of hydrogen-bond donors (Lipinski definition) is 2. The Labute approximate surface area is 74.1 Å². The Kier molecular flexibility index (Phi) is 1.41. The molecule has 0 saturated heterocycles. The van der Waals surface area contributed by atoms with Crippen LogP contribution in [0.25, 0.3) is 0 Å². The fourth-order valence-electron chi connectivity index (χ4n) is 1.38. The molecule has 1 amide bonds. The van der Waals surface area contributed by atoms with E-state index in [1.165, 1.54) is 0 Å². The van der Waals surface area contributed by atoms with E-state index in [9.17, 15) is 4.79 Å². The van der Waals surface area contributed by atoms with Crippen molar-refractivity contribution in [2.24, 2.45) is 5.73 Å². The quantitative estimate of drug-likeness (QED) is 0.708. The Morgan fingerprint density at radius 2 is 2.42 bits per heavy atom. The van der Waals surface area contributed by atoms with E-state index < -0.39 is 5.41 Å². The predicted molar refractivity (Wildman–Crippen MR) is 43.7 cm³/mol. The molecule has 0 radical (unpaired) electrons. The summed E-state index contributed by atoms with van der Waals surface area (Å²) in [6.07, 6.45) is 3.13. The van der Waals surface area contributed by atoms with Gasteiger partial charge in [-0.05, 0) is 12.8 Å². The number of nitrogens with one attached hydrogen (secondary N) is 1. The first-order valence-corrected chi connectivity index (χ1v) is 4.04. The Hall–Kier alpha value is -1.03. The van der Waals surface area contributed by atoms with Crippen LogP contribution < -0.4 is 5.73 Å². The first kappa shape index (κ1) is 7.61. The van der Waals surface area contributed by atoms with Crippen LogP contribution in [0.4, 0.5) is 0 Å². The minimum atomic E-state index is -0.524. The number of halogens is 1. The standard InChI is InChI=1S/C7H8ClN3O/c8-5-4(3-10-11-5)7(1-2-7)6(9)12/h3H,1-2H2,(H2,9,12)(H,10,11). The molecule has 1 fully saturated rings. The summed E-state index contributed by atoms with van der Waals surface area (Å²) in [6, 6.07) is 0. The molecule has 0 aliphatic heterocycles. The molecule has 4 nitrogen and oxygen atoms in total. The zero-order valence-electron chi connectivity index (χ0n) is 6.30. The van der Waals surface area contributed by atoms with Crippen LogP contribution in [0.5, 0.6) is 0 Å². The lowest BCUT2D eigenvalue weighted by molar-refractivity contribution is -0.120. The summed E-state index contributed by atoms with van der Waals surface area (Å²) in [5, 5.41) is 6.75. The van der Waals surface area contributed by atoms with Crippen molar-refractivity contribution in [1.29, 1.82) is 0 Å². The minimum absolute atomic E-state index is 0.314. The number of aromatic amines is 1. The van der Waals surface area contributed by atoms with E-state index >= 15 is 0 Å². The Morgan fingerprint density at radius 1 is 1.75 bits per heavy atom. The van der Waals surface area contributed by atoms with Gasteiger partial charge in [0.1, 0.15) is 5.15 Å². The number of hydrogen-bond acceptors (Lipinski definition) is 2. The van der Waals surface area contributed by atoms with Crippen molar-refractivity contribution in [1.82, 2.24) is 10.2 Å². The van der Waals surface area contributed by atoms with Gasteiger partial charge < -0.3 is 5.73 Å². The highest BCUT2D eigenvalue weighted by Crippen LogP contribution is 2.49. The molecule has 1 aliphatic rings.